The number of hydrogen-bond acceptors (Lipinski definition) is 5. The van der Waals surface area contributed by atoms with Gasteiger partial charge in [0.25, 0.3) is 0 Å². The lowest BCUT2D eigenvalue weighted by Crippen LogP contribution is -2.47. The Morgan fingerprint density at radius 3 is 2.03 bits per heavy atom. The first kappa shape index (κ1) is 20.1. The topological polar surface area (TPSA) is 32.3 Å². The Bertz CT molecular complexity index is 1030. The molecule has 0 bridgehead atoms. The van der Waals surface area contributed by atoms with Crippen LogP contribution in [0.4, 0.5) is 0 Å². The number of pyridine rings is 1. The number of rotatable bonds is 6. The lowest BCUT2D eigenvalue weighted by molar-refractivity contribution is 0.104. The smallest absolute Gasteiger partial charge is 0.142 e. The van der Waals surface area contributed by atoms with Gasteiger partial charge in [-0.15, -0.1) is 11.3 Å². The molecule has 4 nitrogen and oxygen atoms in total. The molecule has 1 aliphatic heterocycles. The van der Waals surface area contributed by atoms with Gasteiger partial charge >= 0.3 is 0 Å². The van der Waals surface area contributed by atoms with Crippen LogP contribution in [0.5, 0.6) is 0 Å². The van der Waals surface area contributed by atoms with Crippen molar-refractivity contribution in [3.8, 4) is 10.7 Å². The van der Waals surface area contributed by atoms with Crippen LogP contribution in [0, 0.1) is 0 Å². The molecule has 0 N–H and O–H groups in total. The van der Waals surface area contributed by atoms with Crippen LogP contribution in [0.25, 0.3) is 10.7 Å². The van der Waals surface area contributed by atoms with E-state index < -0.39 is 0 Å². The molecule has 1 saturated heterocycles. The van der Waals surface area contributed by atoms with Crippen LogP contribution in [0.15, 0.2) is 90.4 Å². The van der Waals surface area contributed by atoms with Crippen LogP contribution in [0.3, 0.4) is 0 Å². The normalized spacial score (nSPS) is 15.4. The molecule has 0 amide bonds. The van der Waals surface area contributed by atoms with Gasteiger partial charge in [0.15, 0.2) is 0 Å². The lowest BCUT2D eigenvalue weighted by Gasteiger charge is -2.39. The van der Waals surface area contributed by atoms with E-state index in [0.717, 1.165) is 49.1 Å². The SMILES string of the molecule is c1ccc(C(c2ccccc2)N2CCN(Cc3csc(-c4ccccn4)n3)CC2)cc1. The average molecular weight is 427 g/mol. The van der Waals surface area contributed by atoms with Crippen molar-refractivity contribution in [3.05, 3.63) is 107 Å². The second kappa shape index (κ2) is 9.52. The minimum atomic E-state index is 0.305. The molecule has 1 fully saturated rings. The van der Waals surface area contributed by atoms with Crippen LogP contribution in [0.1, 0.15) is 22.9 Å². The highest BCUT2D eigenvalue weighted by Gasteiger charge is 2.26. The third-order valence-corrected chi connectivity index (χ3v) is 6.74. The van der Waals surface area contributed by atoms with Gasteiger partial charge < -0.3 is 0 Å². The van der Waals surface area contributed by atoms with Crippen LogP contribution in [-0.4, -0.2) is 45.9 Å². The highest BCUT2D eigenvalue weighted by molar-refractivity contribution is 7.13. The number of hydrogen-bond donors (Lipinski definition) is 0. The molecule has 2 aromatic carbocycles. The molecule has 31 heavy (non-hydrogen) atoms. The first-order chi connectivity index (χ1) is 15.4. The van der Waals surface area contributed by atoms with Crippen molar-refractivity contribution in [2.75, 3.05) is 26.2 Å². The summed E-state index contributed by atoms with van der Waals surface area (Å²) >= 11 is 1.68. The highest BCUT2D eigenvalue weighted by atomic mass is 32.1. The molecule has 3 heterocycles. The van der Waals surface area contributed by atoms with E-state index in [4.69, 9.17) is 4.98 Å². The summed E-state index contributed by atoms with van der Waals surface area (Å²) in [5.41, 5.74) is 4.82. The molecule has 5 rings (SSSR count). The van der Waals surface area contributed by atoms with Gasteiger partial charge in [0, 0.05) is 44.3 Å². The molecule has 156 valence electrons. The van der Waals surface area contributed by atoms with Gasteiger partial charge in [-0.2, -0.15) is 0 Å². The molecule has 0 radical (unpaired) electrons. The molecule has 0 spiro atoms. The number of nitrogens with zero attached hydrogens (tertiary/aromatic N) is 4. The predicted molar refractivity (Wildman–Crippen MR) is 127 cm³/mol. The number of aromatic nitrogens is 2. The van der Waals surface area contributed by atoms with Crippen LogP contribution in [0.2, 0.25) is 0 Å². The summed E-state index contributed by atoms with van der Waals surface area (Å²) in [6, 6.07) is 28.0. The van der Waals surface area contributed by atoms with Gasteiger partial charge in [-0.25, -0.2) is 4.98 Å². The first-order valence-corrected chi connectivity index (χ1v) is 11.7. The Morgan fingerprint density at radius 2 is 1.42 bits per heavy atom. The largest absolute Gasteiger partial charge is 0.295 e. The van der Waals surface area contributed by atoms with Crippen molar-refractivity contribution in [1.29, 1.82) is 0 Å². The van der Waals surface area contributed by atoms with Crippen molar-refractivity contribution in [3.63, 3.8) is 0 Å². The molecular weight excluding hydrogens is 400 g/mol. The van der Waals surface area contributed by atoms with Crippen molar-refractivity contribution in [2.45, 2.75) is 12.6 Å². The number of thiazole rings is 1. The molecule has 4 aromatic rings. The summed E-state index contributed by atoms with van der Waals surface area (Å²) in [5.74, 6) is 0. The molecule has 0 saturated carbocycles. The zero-order chi connectivity index (χ0) is 20.9. The van der Waals surface area contributed by atoms with Gasteiger partial charge in [-0.05, 0) is 23.3 Å². The monoisotopic (exact) mass is 426 g/mol. The summed E-state index contributed by atoms with van der Waals surface area (Å²) < 4.78 is 0. The van der Waals surface area contributed by atoms with Crippen molar-refractivity contribution in [1.82, 2.24) is 19.8 Å². The summed E-state index contributed by atoms with van der Waals surface area (Å²) in [4.78, 5) is 14.4. The van der Waals surface area contributed by atoms with E-state index in [2.05, 4.69) is 80.8 Å². The van der Waals surface area contributed by atoms with Gasteiger partial charge in [0.1, 0.15) is 5.01 Å². The Kier molecular flexibility index (Phi) is 6.16. The zero-order valence-electron chi connectivity index (χ0n) is 17.5. The van der Waals surface area contributed by atoms with Crippen LogP contribution < -0.4 is 0 Å². The quantitative estimate of drug-likeness (QED) is 0.429. The molecule has 0 aliphatic carbocycles. The minimum absolute atomic E-state index is 0.305. The van der Waals surface area contributed by atoms with Crippen LogP contribution >= 0.6 is 11.3 Å². The maximum Gasteiger partial charge on any atom is 0.142 e. The van der Waals surface area contributed by atoms with E-state index >= 15 is 0 Å². The second-order valence-corrected chi connectivity index (χ2v) is 8.75. The second-order valence-electron chi connectivity index (χ2n) is 7.89. The Labute approximate surface area is 187 Å². The lowest BCUT2D eigenvalue weighted by atomic mass is 9.96. The maximum absolute atomic E-state index is 4.82. The average Bonchev–Trinajstić information content (AvgIpc) is 3.31. The molecule has 0 unspecified atom stereocenters. The molecule has 5 heteroatoms. The fourth-order valence-electron chi connectivity index (χ4n) is 4.28. The molecular formula is C26H26N4S. The maximum atomic E-state index is 4.82. The Balaban J connectivity index is 1.26. The summed E-state index contributed by atoms with van der Waals surface area (Å²) in [6.07, 6.45) is 1.82. The van der Waals surface area contributed by atoms with Crippen LogP contribution in [-0.2, 0) is 6.54 Å². The van der Waals surface area contributed by atoms with Gasteiger partial charge in [-0.3, -0.25) is 14.8 Å². The van der Waals surface area contributed by atoms with Gasteiger partial charge in [0.05, 0.1) is 17.4 Å². The fraction of sp³-hybridized carbons (Fsp3) is 0.231. The van der Waals surface area contributed by atoms with Gasteiger partial charge in [0.2, 0.25) is 0 Å². The van der Waals surface area contributed by atoms with Crippen molar-refractivity contribution >= 4 is 11.3 Å². The third kappa shape index (κ3) is 4.74. The summed E-state index contributed by atoms with van der Waals surface area (Å²) in [5, 5.41) is 3.18. The molecule has 2 aromatic heterocycles. The summed E-state index contributed by atoms with van der Waals surface area (Å²) in [7, 11) is 0. The minimum Gasteiger partial charge on any atom is -0.295 e. The predicted octanol–water partition coefficient (Wildman–Crippen LogP) is 5.11. The van der Waals surface area contributed by atoms with E-state index in [-0.39, 0.29) is 0 Å². The summed E-state index contributed by atoms with van der Waals surface area (Å²) in [6.45, 7) is 5.09. The van der Waals surface area contributed by atoms with Crippen molar-refractivity contribution in [2.24, 2.45) is 0 Å². The molecule has 0 atom stereocenters. The standard InChI is InChI=1S/C26H26N4S/c1-3-9-21(10-4-1)25(22-11-5-2-6-12-22)30-17-15-29(16-18-30)19-23-20-31-26(28-23)24-13-7-8-14-27-24/h1-14,20,25H,15-19H2. The van der Waals surface area contributed by atoms with E-state index in [0.29, 0.717) is 6.04 Å². The van der Waals surface area contributed by atoms with E-state index in [1.54, 1.807) is 11.3 Å². The van der Waals surface area contributed by atoms with E-state index in [1.165, 1.54) is 11.1 Å². The Morgan fingerprint density at radius 1 is 0.774 bits per heavy atom. The number of benzene rings is 2. The highest BCUT2D eigenvalue weighted by Crippen LogP contribution is 2.30. The van der Waals surface area contributed by atoms with Gasteiger partial charge in [-0.1, -0.05) is 66.7 Å². The number of piperazine rings is 1. The van der Waals surface area contributed by atoms with E-state index in [1.807, 2.05) is 24.4 Å². The third-order valence-electron chi connectivity index (χ3n) is 5.82. The zero-order valence-corrected chi connectivity index (χ0v) is 18.3. The molecule has 1 aliphatic rings. The fourth-order valence-corrected chi connectivity index (χ4v) is 5.07. The van der Waals surface area contributed by atoms with Crippen molar-refractivity contribution < 1.29 is 0 Å². The first-order valence-electron chi connectivity index (χ1n) is 10.8. The van der Waals surface area contributed by atoms with E-state index in [9.17, 15) is 0 Å². The Hall–Kier alpha value is -2.86.